The van der Waals surface area contributed by atoms with E-state index < -0.39 is 0 Å². The van der Waals surface area contributed by atoms with Crippen molar-refractivity contribution >= 4 is 5.95 Å². The molecule has 0 aliphatic carbocycles. The third-order valence-corrected chi connectivity index (χ3v) is 1.60. The molecule has 0 spiro atoms. The van der Waals surface area contributed by atoms with Gasteiger partial charge in [0.2, 0.25) is 5.95 Å². The third kappa shape index (κ3) is 2.05. The highest BCUT2D eigenvalue weighted by Crippen LogP contribution is 2.02. The molecule has 2 aromatic heterocycles. The zero-order valence-electron chi connectivity index (χ0n) is 6.97. The van der Waals surface area contributed by atoms with Gasteiger partial charge in [-0.15, -0.1) is 0 Å². The van der Waals surface area contributed by atoms with Gasteiger partial charge in [-0.05, 0) is 12.1 Å². The van der Waals surface area contributed by atoms with Crippen LogP contribution in [0.4, 0.5) is 5.95 Å². The molecule has 4 nitrogen and oxygen atoms in total. The van der Waals surface area contributed by atoms with Crippen molar-refractivity contribution in [2.75, 3.05) is 5.32 Å². The van der Waals surface area contributed by atoms with Crippen LogP contribution in [0.25, 0.3) is 0 Å². The first-order chi connectivity index (χ1) is 6.45. The summed E-state index contributed by atoms with van der Waals surface area (Å²) in [6, 6.07) is 3.68. The number of hydrogen-bond donors (Lipinski definition) is 1. The zero-order valence-corrected chi connectivity index (χ0v) is 6.97. The summed E-state index contributed by atoms with van der Waals surface area (Å²) in [6.07, 6.45) is 6.73. The monoisotopic (exact) mass is 175 g/mol. The van der Waals surface area contributed by atoms with Gasteiger partial charge < -0.3 is 9.73 Å². The normalized spacial score (nSPS) is 9.85. The van der Waals surface area contributed by atoms with Crippen molar-refractivity contribution in [2.45, 2.75) is 6.54 Å². The minimum absolute atomic E-state index is 0.628. The van der Waals surface area contributed by atoms with E-state index in [2.05, 4.69) is 15.3 Å². The molecule has 66 valence electrons. The van der Waals surface area contributed by atoms with Crippen LogP contribution in [0.5, 0.6) is 0 Å². The Hall–Kier alpha value is -1.84. The molecule has 2 aromatic rings. The smallest absolute Gasteiger partial charge is 0.222 e. The Morgan fingerprint density at radius 1 is 1.31 bits per heavy atom. The summed E-state index contributed by atoms with van der Waals surface area (Å²) in [4.78, 5) is 8.05. The molecule has 13 heavy (non-hydrogen) atoms. The topological polar surface area (TPSA) is 51.0 Å². The number of hydrogen-bond acceptors (Lipinski definition) is 4. The molecule has 0 saturated carbocycles. The predicted octanol–water partition coefficient (Wildman–Crippen LogP) is 1.68. The number of nitrogens with one attached hydrogen (secondary N) is 1. The van der Waals surface area contributed by atoms with Gasteiger partial charge in [0.25, 0.3) is 0 Å². The molecule has 1 N–H and O–H groups in total. The maximum absolute atomic E-state index is 4.92. The van der Waals surface area contributed by atoms with Gasteiger partial charge in [0.1, 0.15) is 0 Å². The average molecular weight is 175 g/mol. The van der Waals surface area contributed by atoms with Gasteiger partial charge in [0.15, 0.2) is 0 Å². The van der Waals surface area contributed by atoms with Gasteiger partial charge in [-0.25, -0.2) is 9.97 Å². The second-order valence-corrected chi connectivity index (χ2v) is 2.56. The molecular weight excluding hydrogens is 166 g/mol. The first-order valence-electron chi connectivity index (χ1n) is 3.97. The van der Waals surface area contributed by atoms with Gasteiger partial charge in [-0.2, -0.15) is 0 Å². The molecule has 0 aliphatic rings. The van der Waals surface area contributed by atoms with E-state index in [0.717, 1.165) is 5.56 Å². The third-order valence-electron chi connectivity index (χ3n) is 1.60. The molecule has 2 heterocycles. The van der Waals surface area contributed by atoms with E-state index in [0.29, 0.717) is 12.5 Å². The van der Waals surface area contributed by atoms with E-state index >= 15 is 0 Å². The van der Waals surface area contributed by atoms with Crippen LogP contribution in [-0.2, 0) is 6.54 Å². The highest BCUT2D eigenvalue weighted by atomic mass is 16.3. The fraction of sp³-hybridized carbons (Fsp3) is 0.111. The van der Waals surface area contributed by atoms with Gasteiger partial charge >= 0.3 is 0 Å². The number of rotatable bonds is 3. The summed E-state index contributed by atoms with van der Waals surface area (Å²) in [5.74, 6) is 0.628. The first kappa shape index (κ1) is 7.79. The van der Waals surface area contributed by atoms with Crippen molar-refractivity contribution in [3.8, 4) is 0 Å². The summed E-state index contributed by atoms with van der Waals surface area (Å²) < 4.78 is 4.92. The Bertz CT molecular complexity index is 344. The van der Waals surface area contributed by atoms with Crippen LogP contribution >= 0.6 is 0 Å². The van der Waals surface area contributed by atoms with Crippen LogP contribution in [0.2, 0.25) is 0 Å². The van der Waals surface area contributed by atoms with E-state index in [-0.39, 0.29) is 0 Å². The van der Waals surface area contributed by atoms with Gasteiger partial charge in [-0.3, -0.25) is 0 Å². The molecule has 0 atom stereocenters. The number of aromatic nitrogens is 2. The second-order valence-electron chi connectivity index (χ2n) is 2.56. The van der Waals surface area contributed by atoms with Crippen LogP contribution in [0.15, 0.2) is 41.5 Å². The molecule has 0 bridgehead atoms. The van der Waals surface area contributed by atoms with Crippen molar-refractivity contribution in [3.63, 3.8) is 0 Å². The Morgan fingerprint density at radius 2 is 2.15 bits per heavy atom. The molecule has 2 rings (SSSR count). The highest BCUT2D eigenvalue weighted by molar-refractivity contribution is 5.24. The Labute approximate surface area is 75.6 Å². The van der Waals surface area contributed by atoms with E-state index in [4.69, 9.17) is 4.42 Å². The standard InChI is InChI=1S/C9H9N3O/c1-3-10-9(11-4-1)12-6-8-2-5-13-7-8/h1-5,7H,6H2,(H,10,11,12). The molecule has 0 radical (unpaired) electrons. The van der Waals surface area contributed by atoms with E-state index in [1.807, 2.05) is 6.07 Å². The van der Waals surface area contributed by atoms with E-state index in [9.17, 15) is 0 Å². The van der Waals surface area contributed by atoms with Crippen molar-refractivity contribution in [3.05, 3.63) is 42.6 Å². The minimum Gasteiger partial charge on any atom is -0.472 e. The quantitative estimate of drug-likeness (QED) is 0.771. The maximum Gasteiger partial charge on any atom is 0.222 e. The number of furan rings is 1. The van der Waals surface area contributed by atoms with Crippen molar-refractivity contribution in [1.82, 2.24) is 9.97 Å². The molecule has 0 unspecified atom stereocenters. The van der Waals surface area contributed by atoms with Gasteiger partial charge in [-0.1, -0.05) is 0 Å². The Morgan fingerprint density at radius 3 is 2.85 bits per heavy atom. The van der Waals surface area contributed by atoms with Crippen LogP contribution in [0.3, 0.4) is 0 Å². The summed E-state index contributed by atoms with van der Waals surface area (Å²) in [5, 5.41) is 3.06. The molecule has 0 fully saturated rings. The lowest BCUT2D eigenvalue weighted by atomic mass is 10.3. The van der Waals surface area contributed by atoms with Crippen LogP contribution < -0.4 is 5.32 Å². The summed E-state index contributed by atoms with van der Waals surface area (Å²) in [7, 11) is 0. The van der Waals surface area contributed by atoms with Crippen LogP contribution in [-0.4, -0.2) is 9.97 Å². The zero-order chi connectivity index (χ0) is 8.93. The average Bonchev–Trinajstić information content (AvgIpc) is 2.69. The lowest BCUT2D eigenvalue weighted by Gasteiger charge is -2.00. The SMILES string of the molecule is c1cnc(NCc2ccoc2)nc1. The summed E-state index contributed by atoms with van der Waals surface area (Å²) in [5.41, 5.74) is 1.08. The maximum atomic E-state index is 4.92. The fourth-order valence-corrected chi connectivity index (χ4v) is 0.965. The lowest BCUT2D eigenvalue weighted by molar-refractivity contribution is 0.564. The van der Waals surface area contributed by atoms with Crippen molar-refractivity contribution in [1.29, 1.82) is 0 Å². The lowest BCUT2D eigenvalue weighted by Crippen LogP contribution is -2.01. The molecule has 0 amide bonds. The highest BCUT2D eigenvalue weighted by Gasteiger charge is 1.95. The first-order valence-corrected chi connectivity index (χ1v) is 3.97. The molecular formula is C9H9N3O. The Kier molecular flexibility index (Phi) is 2.22. The summed E-state index contributed by atoms with van der Waals surface area (Å²) in [6.45, 7) is 0.681. The second kappa shape index (κ2) is 3.71. The number of nitrogens with zero attached hydrogens (tertiary/aromatic N) is 2. The largest absolute Gasteiger partial charge is 0.472 e. The molecule has 0 aromatic carbocycles. The van der Waals surface area contributed by atoms with Gasteiger partial charge in [0.05, 0.1) is 12.5 Å². The Balaban J connectivity index is 1.94. The van der Waals surface area contributed by atoms with E-state index in [1.54, 1.807) is 31.0 Å². The summed E-state index contributed by atoms with van der Waals surface area (Å²) >= 11 is 0. The van der Waals surface area contributed by atoms with Crippen molar-refractivity contribution in [2.24, 2.45) is 0 Å². The van der Waals surface area contributed by atoms with Gasteiger partial charge in [0, 0.05) is 24.5 Å². The number of anilines is 1. The molecule has 0 saturated heterocycles. The minimum atomic E-state index is 0.628. The molecule has 0 aliphatic heterocycles. The van der Waals surface area contributed by atoms with E-state index in [1.165, 1.54) is 0 Å². The van der Waals surface area contributed by atoms with Crippen LogP contribution in [0, 0.1) is 0 Å². The predicted molar refractivity (Wildman–Crippen MR) is 48.1 cm³/mol. The van der Waals surface area contributed by atoms with Crippen LogP contribution in [0.1, 0.15) is 5.56 Å². The fourth-order valence-electron chi connectivity index (χ4n) is 0.965. The van der Waals surface area contributed by atoms with Crippen molar-refractivity contribution < 1.29 is 4.42 Å². The molecule has 4 heteroatoms.